The molecule has 0 aliphatic heterocycles. The van der Waals surface area contributed by atoms with Gasteiger partial charge in [-0.3, -0.25) is 19.2 Å². The van der Waals surface area contributed by atoms with E-state index in [0.29, 0.717) is 53.9 Å². The first kappa shape index (κ1) is 93.3. The van der Waals surface area contributed by atoms with Crippen LogP contribution in [0.3, 0.4) is 0 Å². The number of esters is 4. The van der Waals surface area contributed by atoms with E-state index in [1.54, 1.807) is 26.0 Å². The molecule has 5 saturated carbocycles. The molecule has 0 spiro atoms. The highest BCUT2D eigenvalue weighted by molar-refractivity contribution is 14.1. The zero-order valence-corrected chi connectivity index (χ0v) is 74.0. The Morgan fingerprint density at radius 1 is 0.691 bits per heavy atom. The molecule has 5 aliphatic carbocycles. The van der Waals surface area contributed by atoms with E-state index in [9.17, 15) is 63.2 Å². The van der Waals surface area contributed by atoms with Gasteiger partial charge in [-0.05, 0) is 308 Å². The molecule has 5 fully saturated rings. The Kier molecular flexibility index (Phi) is 33.6. The molecule has 4 bridgehead atoms. The number of ether oxygens (including phenoxy) is 4. The molecule has 2 N–H and O–H groups in total. The maximum Gasteiger partial charge on any atom is 0.426 e. The van der Waals surface area contributed by atoms with E-state index in [-0.39, 0.29) is 67.6 Å². The number of nitrogens with one attached hydrogen (secondary N) is 1. The van der Waals surface area contributed by atoms with Crippen molar-refractivity contribution in [3.05, 3.63) is 167 Å². The van der Waals surface area contributed by atoms with Gasteiger partial charge in [0, 0.05) is 49.8 Å². The van der Waals surface area contributed by atoms with Crippen LogP contribution in [0.4, 0.5) is 17.6 Å². The van der Waals surface area contributed by atoms with Gasteiger partial charge in [0.2, 0.25) is 6.10 Å². The molecule has 5 aliphatic rings. The molecule has 0 amide bonds. The number of carbonyl (C=O) groups excluding carboxylic acids is 4. The first-order chi connectivity index (χ1) is 51.2. The van der Waals surface area contributed by atoms with Gasteiger partial charge < -0.3 is 38.6 Å². The van der Waals surface area contributed by atoms with E-state index in [4.69, 9.17) is 19.3 Å². The van der Waals surface area contributed by atoms with Gasteiger partial charge in [0.1, 0.15) is 35.9 Å². The standard InChI is InChI=1S/C20H29F3O7S.C18H13S.C13H7FI3NO3S.C12H22O2.C10H21NO2.C10H14O/c1-4-17(2,3)15(24)30-19-8-12-5-13(9-19)7-18(6-12,11-19)16(25)29-14(20(21,22)23)10-31(26,27)28;1-2-8-14(9-3-1)19-17-12-6-4-10-15(17)16-11-5-7-13-18(16)19;14-7-1-3-9(4-2-7)22(20,21)18-13(19)10-5-8(15)6-11(16)12(10)17;1-5-11(2,3)10(13)14-12(4)8-6-7-9-12;1-6-10(2,3)9(12)13-8-7-11(4)5;1-3-8(2)9-5-4-6-10(11)7-9/h12-14H,4-11H2,1-3H3,(H,26,27,28);1-13H;1-6H,(H,18,19);5-9H2,1-4H3;6-8H2,1-5H3;4-8,11H,3H2,1-2H3/q;+1;;;;/p-1. The number of hydrogen-bond acceptors (Lipinski definition) is 15. The van der Waals surface area contributed by atoms with Crippen molar-refractivity contribution in [2.75, 3.05) is 33.0 Å². The lowest BCUT2D eigenvalue weighted by Gasteiger charge is -2.60. The second-order valence-electron chi connectivity index (χ2n) is 31.4. The van der Waals surface area contributed by atoms with Crippen LogP contribution in [0.15, 0.2) is 149 Å². The van der Waals surface area contributed by atoms with Crippen molar-refractivity contribution in [2.24, 2.45) is 37.9 Å². The maximum atomic E-state index is 13.3. The zero-order chi connectivity index (χ0) is 82.2. The number of phenols is 1. The second kappa shape index (κ2) is 39.6. The Hall–Kier alpha value is -5.58. The molecule has 4 atom stereocenters. The number of thiophene rings is 1. The molecular weight excluding hydrogens is 1820 g/mol. The summed E-state index contributed by atoms with van der Waals surface area (Å²) in [5.74, 6) is -4.06. The predicted octanol–water partition coefficient (Wildman–Crippen LogP) is 18.5. The summed E-state index contributed by atoms with van der Waals surface area (Å²) in [4.78, 5) is 51.4. The first-order valence-corrected chi connectivity index (χ1v) is 44.5. The van der Waals surface area contributed by atoms with Gasteiger partial charge in [0.25, 0.3) is 10.0 Å². The minimum absolute atomic E-state index is 0.00100. The van der Waals surface area contributed by atoms with Gasteiger partial charge in [-0.25, -0.2) is 12.8 Å². The summed E-state index contributed by atoms with van der Waals surface area (Å²) in [6.45, 7) is 24.9. The lowest BCUT2D eigenvalue weighted by Crippen LogP contribution is -3.06. The number of nitrogens with zero attached hydrogens (tertiary/aromatic N) is 1. The third-order valence-electron chi connectivity index (χ3n) is 20.9. The molecule has 110 heavy (non-hydrogen) atoms. The van der Waals surface area contributed by atoms with Crippen molar-refractivity contribution in [1.82, 2.24) is 0 Å². The van der Waals surface area contributed by atoms with Crippen LogP contribution in [0.25, 0.3) is 25.1 Å². The number of likely N-dealkylation sites (N-methyl/N-ethyl adjacent to an activating group) is 1. The highest BCUT2D eigenvalue weighted by Gasteiger charge is 2.64. The SMILES string of the molecule is CCC(C)(C)C(=O)OC1(C)CCCC1.CCC(C)(C)C(=O)OC12CC3CC(C1)CC(C(=O)OC(CS(=O)(=O)[O-])C(F)(F)F)(C3)C2.CCC(C)(C)C(=O)OCC[NH+](C)C.CCC(C)c1cccc(O)c1.O=S(=O)(N=C([O-])c1cc(I)cc(I)c1I)c1ccc(F)cc1.c1ccc(-[s+]2c3ccccc3c3ccccc32)cc1. The molecule has 6 aromatic carbocycles. The van der Waals surface area contributed by atoms with Crippen LogP contribution in [-0.4, -0.2) is 113 Å². The third kappa shape index (κ3) is 26.2. The number of fused-ring (bicyclic) bond motifs is 3. The number of aromatic hydroxyl groups is 1. The molecule has 17 nitrogen and oxygen atoms in total. The third-order valence-corrected chi connectivity index (χ3v) is 28.9. The van der Waals surface area contributed by atoms with Crippen molar-refractivity contribution >= 4 is 148 Å². The lowest BCUT2D eigenvalue weighted by molar-refractivity contribution is -0.858. The van der Waals surface area contributed by atoms with E-state index < -0.39 is 78.3 Å². The summed E-state index contributed by atoms with van der Waals surface area (Å²) in [6, 6.07) is 43.5. The number of halogens is 7. The van der Waals surface area contributed by atoms with Crippen LogP contribution in [0.2, 0.25) is 0 Å². The van der Waals surface area contributed by atoms with E-state index in [1.807, 2.05) is 132 Å². The molecule has 7 aromatic rings. The van der Waals surface area contributed by atoms with Crippen molar-refractivity contribution in [2.45, 2.75) is 207 Å². The zero-order valence-electron chi connectivity index (χ0n) is 65.1. The Bertz CT molecular complexity index is 4480. The highest BCUT2D eigenvalue weighted by atomic mass is 127. The number of carbonyl (C=O) groups is 4. The summed E-state index contributed by atoms with van der Waals surface area (Å²) in [5.41, 5.74) is -2.35. The topological polar surface area (TPSA) is 257 Å². The second-order valence-corrected chi connectivity index (χ2v) is 39.9. The van der Waals surface area contributed by atoms with E-state index in [0.717, 1.165) is 76.5 Å². The minimum atomic E-state index is -5.27. The minimum Gasteiger partial charge on any atom is -0.858 e. The molecule has 1 aromatic heterocycles. The van der Waals surface area contributed by atoms with E-state index in [1.165, 1.54) is 48.4 Å². The molecule has 604 valence electrons. The van der Waals surface area contributed by atoms with Crippen molar-refractivity contribution in [1.29, 1.82) is 0 Å². The number of alkyl halides is 3. The van der Waals surface area contributed by atoms with Crippen LogP contribution in [0.1, 0.15) is 190 Å². The molecule has 12 rings (SSSR count). The fourth-order valence-corrected chi connectivity index (χ4v) is 19.6. The number of quaternary nitrogens is 1. The fourth-order valence-electron chi connectivity index (χ4n) is 13.3. The summed E-state index contributed by atoms with van der Waals surface area (Å²) < 4.78 is 139. The molecule has 0 saturated heterocycles. The Balaban J connectivity index is 0.000000214. The van der Waals surface area contributed by atoms with Crippen LogP contribution < -0.4 is 10.0 Å². The average molecular weight is 1920 g/mol. The summed E-state index contributed by atoms with van der Waals surface area (Å²) in [5, 5.41) is 24.1. The molecule has 4 unspecified atom stereocenters. The van der Waals surface area contributed by atoms with E-state index >= 15 is 0 Å². The number of rotatable bonds is 21. The Labute approximate surface area is 690 Å². The monoisotopic (exact) mass is 1920 g/mol. The lowest BCUT2D eigenvalue weighted by atomic mass is 9.48. The van der Waals surface area contributed by atoms with Crippen LogP contribution in [0, 0.1) is 50.0 Å². The van der Waals surface area contributed by atoms with Gasteiger partial charge in [0.15, 0.2) is 14.3 Å². The summed E-state index contributed by atoms with van der Waals surface area (Å²) in [7, 11) is -5.30. The summed E-state index contributed by atoms with van der Waals surface area (Å²) in [6.07, 6.45) is 2.06. The number of sulfonamides is 1. The number of benzene rings is 6. The van der Waals surface area contributed by atoms with Gasteiger partial charge in [-0.15, -0.1) is 0 Å². The largest absolute Gasteiger partial charge is 0.858 e. The van der Waals surface area contributed by atoms with Gasteiger partial charge in [-0.2, -0.15) is 26.0 Å². The van der Waals surface area contributed by atoms with Crippen LogP contribution >= 0.6 is 78.2 Å². The predicted molar refractivity (Wildman–Crippen MR) is 447 cm³/mol. The normalized spacial score (nSPS) is 19.3. The van der Waals surface area contributed by atoms with Crippen molar-refractivity contribution in [3.8, 4) is 10.6 Å². The smallest absolute Gasteiger partial charge is 0.426 e. The summed E-state index contributed by atoms with van der Waals surface area (Å²) >= 11 is 6.08. The Morgan fingerprint density at radius 3 is 1.69 bits per heavy atom. The van der Waals surface area contributed by atoms with Crippen molar-refractivity contribution in [3.63, 3.8) is 0 Å². The Morgan fingerprint density at radius 2 is 1.20 bits per heavy atom. The van der Waals surface area contributed by atoms with Gasteiger partial charge in [0.05, 0.1) is 56.5 Å². The molecule has 0 radical (unpaired) electrons. The number of phenolic OH excluding ortho intramolecular Hbond substituents is 1. The number of hydrogen-bond donors (Lipinski definition) is 2. The van der Waals surface area contributed by atoms with Crippen molar-refractivity contribution < 1.29 is 92.2 Å². The molecular formula is C83H105F4I3N2O15S3. The highest BCUT2D eigenvalue weighted by Crippen LogP contribution is 2.64. The van der Waals surface area contributed by atoms with Crippen LogP contribution in [-0.2, 0) is 58.3 Å². The average Bonchev–Trinajstić information content (AvgIpc) is 0.912. The van der Waals surface area contributed by atoms with E-state index in [2.05, 4.69) is 131 Å². The van der Waals surface area contributed by atoms with Gasteiger partial charge in [-0.1, -0.05) is 89.2 Å². The van der Waals surface area contributed by atoms with Crippen LogP contribution in [0.5, 0.6) is 5.75 Å². The first-order valence-electron chi connectivity index (χ1n) is 37.0. The molecule has 1 heterocycles. The molecule has 27 heteroatoms. The fraction of sp³-hybridized carbons (Fsp3) is 0.506. The van der Waals surface area contributed by atoms with Gasteiger partial charge >= 0.3 is 30.1 Å². The maximum absolute atomic E-state index is 13.3. The quantitative estimate of drug-likeness (QED) is 0.00780.